The molecule has 2 N–H and O–H groups in total. The molecule has 1 aromatic carbocycles. The molecule has 1 aliphatic carbocycles. The largest absolute Gasteiger partial charge is 0.391 e. The molecule has 1 atom stereocenters. The van der Waals surface area contributed by atoms with Gasteiger partial charge in [-0.1, -0.05) is 51.4 Å². The van der Waals surface area contributed by atoms with Crippen LogP contribution in [0.5, 0.6) is 0 Å². The smallest absolute Gasteiger partial charge is 0.188 e. The molecule has 7 heteroatoms. The first-order valence-electron chi connectivity index (χ1n) is 7.19. The summed E-state index contributed by atoms with van der Waals surface area (Å²) in [4.78, 5) is 8.61. The summed E-state index contributed by atoms with van der Waals surface area (Å²) in [6.07, 6.45) is 3.60. The van der Waals surface area contributed by atoms with E-state index in [0.717, 1.165) is 22.0 Å². The van der Waals surface area contributed by atoms with Crippen molar-refractivity contribution in [3.05, 3.63) is 50.2 Å². The molecular weight excluding hydrogens is 400 g/mol. The van der Waals surface area contributed by atoms with Gasteiger partial charge in [0.15, 0.2) is 5.16 Å². The van der Waals surface area contributed by atoms with Gasteiger partial charge < -0.3 is 10.2 Å². The summed E-state index contributed by atoms with van der Waals surface area (Å²) < 4.78 is 0.894. The minimum atomic E-state index is -1.02. The zero-order chi connectivity index (χ0) is 16.6. The third-order valence-electron chi connectivity index (χ3n) is 4.20. The lowest BCUT2D eigenvalue weighted by Crippen LogP contribution is -2.27. The van der Waals surface area contributed by atoms with Crippen LogP contribution in [0, 0.1) is 0 Å². The van der Waals surface area contributed by atoms with Crippen molar-refractivity contribution in [2.75, 3.05) is 6.26 Å². The summed E-state index contributed by atoms with van der Waals surface area (Å²) in [6.45, 7) is -0.248. The van der Waals surface area contributed by atoms with E-state index in [1.807, 2.05) is 24.5 Å². The van der Waals surface area contributed by atoms with E-state index >= 15 is 0 Å². The molecule has 23 heavy (non-hydrogen) atoms. The first kappa shape index (κ1) is 17.2. The Balaban J connectivity index is 2.05. The molecule has 1 unspecified atom stereocenters. The molecule has 0 saturated heterocycles. The van der Waals surface area contributed by atoms with E-state index in [-0.39, 0.29) is 11.8 Å². The topological polar surface area (TPSA) is 66.2 Å². The molecule has 3 rings (SSSR count). The number of aromatic nitrogens is 2. The molecule has 0 aliphatic heterocycles. The van der Waals surface area contributed by atoms with E-state index < -0.39 is 5.60 Å². The third kappa shape index (κ3) is 3.15. The van der Waals surface area contributed by atoms with Crippen molar-refractivity contribution in [2.45, 2.75) is 36.6 Å². The highest BCUT2D eigenvalue weighted by atomic mass is 79.9. The number of nitrogens with zero attached hydrogens (tertiary/aromatic N) is 2. The Bertz CT molecular complexity index is 759. The van der Waals surface area contributed by atoms with Gasteiger partial charge in [0.25, 0.3) is 0 Å². The second-order valence-corrected chi connectivity index (χ2v) is 7.55. The molecule has 1 aliphatic rings. The summed E-state index contributed by atoms with van der Waals surface area (Å²) in [5, 5.41) is 21.6. The van der Waals surface area contributed by atoms with E-state index in [2.05, 4.69) is 25.9 Å². The van der Waals surface area contributed by atoms with Crippen LogP contribution in [0.2, 0.25) is 5.15 Å². The number of fused-ring (bicyclic) bond motifs is 1. The zero-order valence-corrected chi connectivity index (χ0v) is 15.7. The van der Waals surface area contributed by atoms with Gasteiger partial charge in [0.2, 0.25) is 0 Å². The van der Waals surface area contributed by atoms with Crippen LogP contribution in [0.15, 0.2) is 27.8 Å². The van der Waals surface area contributed by atoms with Crippen molar-refractivity contribution in [3.63, 3.8) is 0 Å². The molecule has 122 valence electrons. The van der Waals surface area contributed by atoms with Crippen LogP contribution in [-0.2, 0) is 25.0 Å². The Morgan fingerprint density at radius 3 is 2.87 bits per heavy atom. The Morgan fingerprint density at radius 2 is 2.17 bits per heavy atom. The minimum absolute atomic E-state index is 0.246. The van der Waals surface area contributed by atoms with Crippen molar-refractivity contribution >= 4 is 39.3 Å². The number of aliphatic hydroxyl groups excluding tert-OH is 1. The molecule has 0 bridgehead atoms. The fourth-order valence-corrected chi connectivity index (χ4v) is 4.55. The van der Waals surface area contributed by atoms with Gasteiger partial charge in [-0.3, -0.25) is 0 Å². The highest BCUT2D eigenvalue weighted by molar-refractivity contribution is 9.10. The van der Waals surface area contributed by atoms with Crippen LogP contribution >= 0.6 is 39.3 Å². The number of thioether (sulfide) groups is 1. The van der Waals surface area contributed by atoms with E-state index in [1.54, 1.807) is 0 Å². The molecule has 0 fully saturated rings. The molecule has 4 nitrogen and oxygen atoms in total. The van der Waals surface area contributed by atoms with Crippen LogP contribution in [0.1, 0.15) is 28.8 Å². The first-order valence-corrected chi connectivity index (χ1v) is 9.58. The number of hydrogen-bond acceptors (Lipinski definition) is 5. The Labute approximate surface area is 152 Å². The number of aliphatic hydroxyl groups is 2. The van der Waals surface area contributed by atoms with Crippen molar-refractivity contribution in [1.82, 2.24) is 9.97 Å². The van der Waals surface area contributed by atoms with Gasteiger partial charge in [0, 0.05) is 22.0 Å². The van der Waals surface area contributed by atoms with Crippen molar-refractivity contribution < 1.29 is 10.2 Å². The van der Waals surface area contributed by atoms with Gasteiger partial charge >= 0.3 is 0 Å². The average Bonchev–Trinajstić information content (AvgIpc) is 2.85. The van der Waals surface area contributed by atoms with Crippen molar-refractivity contribution in [1.29, 1.82) is 0 Å². The van der Waals surface area contributed by atoms with E-state index in [4.69, 9.17) is 11.6 Å². The second kappa shape index (κ2) is 6.69. The van der Waals surface area contributed by atoms with Crippen LogP contribution in [-0.4, -0.2) is 26.4 Å². The fourth-order valence-electron chi connectivity index (χ4n) is 3.09. The molecule has 0 amide bonds. The molecule has 0 spiro atoms. The monoisotopic (exact) mass is 414 g/mol. The first-order chi connectivity index (χ1) is 11.0. The summed E-state index contributed by atoms with van der Waals surface area (Å²) in [5.41, 5.74) is 2.11. The van der Waals surface area contributed by atoms with E-state index in [1.165, 1.54) is 11.8 Å². The predicted molar refractivity (Wildman–Crippen MR) is 94.8 cm³/mol. The average molecular weight is 416 g/mol. The van der Waals surface area contributed by atoms with Crippen LogP contribution in [0.3, 0.4) is 0 Å². The van der Waals surface area contributed by atoms with Crippen molar-refractivity contribution in [2.24, 2.45) is 0 Å². The Hall–Kier alpha value is -0.660. The number of benzene rings is 1. The van der Waals surface area contributed by atoms with Gasteiger partial charge in [-0.05, 0) is 30.7 Å². The lowest BCUT2D eigenvalue weighted by atomic mass is 9.89. The zero-order valence-electron chi connectivity index (χ0n) is 12.5. The summed E-state index contributed by atoms with van der Waals surface area (Å²) >= 11 is 11.1. The fraction of sp³-hybridized carbons (Fsp3) is 0.375. The van der Waals surface area contributed by atoms with Gasteiger partial charge in [-0.25, -0.2) is 9.97 Å². The molecule has 1 aromatic heterocycles. The van der Waals surface area contributed by atoms with Crippen molar-refractivity contribution in [3.8, 4) is 0 Å². The molecule has 0 radical (unpaired) electrons. The van der Waals surface area contributed by atoms with Gasteiger partial charge in [0.05, 0.1) is 17.9 Å². The quantitative estimate of drug-likeness (QED) is 0.455. The molecule has 2 aromatic rings. The third-order valence-corrected chi connectivity index (χ3v) is 5.72. The maximum absolute atomic E-state index is 11.2. The highest BCUT2D eigenvalue weighted by Gasteiger charge is 2.39. The SMILES string of the molecule is CSc1nc(Cl)c(CO)c(CC2(O)CCc3cccc(Br)c32)n1. The summed E-state index contributed by atoms with van der Waals surface area (Å²) in [6, 6.07) is 5.94. The minimum Gasteiger partial charge on any atom is -0.391 e. The summed E-state index contributed by atoms with van der Waals surface area (Å²) in [5.74, 6) is 0. The number of aryl methyl sites for hydroxylation is 1. The number of halogens is 2. The Morgan fingerprint density at radius 1 is 1.39 bits per heavy atom. The predicted octanol–water partition coefficient (Wildman–Crippen LogP) is 3.48. The summed E-state index contributed by atoms with van der Waals surface area (Å²) in [7, 11) is 0. The van der Waals surface area contributed by atoms with Gasteiger partial charge in [-0.2, -0.15) is 0 Å². The van der Waals surface area contributed by atoms with Crippen LogP contribution in [0.25, 0.3) is 0 Å². The standard InChI is InChI=1S/C16H16BrClN2O2S/c1-23-15-19-12(10(8-21)14(18)20-15)7-16(22)6-5-9-3-2-4-11(17)13(9)16/h2-4,21-22H,5-8H2,1H3. The van der Waals surface area contributed by atoms with Gasteiger partial charge in [0.1, 0.15) is 5.15 Å². The maximum atomic E-state index is 11.2. The maximum Gasteiger partial charge on any atom is 0.188 e. The van der Waals surface area contributed by atoms with E-state index in [0.29, 0.717) is 29.3 Å². The second-order valence-electron chi connectivity index (χ2n) is 5.57. The number of hydrogen-bond donors (Lipinski definition) is 2. The van der Waals surface area contributed by atoms with E-state index in [9.17, 15) is 10.2 Å². The molecular formula is C16H16BrClN2O2S. The number of rotatable bonds is 4. The van der Waals surface area contributed by atoms with Gasteiger partial charge in [-0.15, -0.1) is 0 Å². The van der Waals surface area contributed by atoms with Crippen LogP contribution < -0.4 is 0 Å². The Kier molecular flexibility index (Phi) is 4.99. The molecule has 1 heterocycles. The normalized spacial score (nSPS) is 19.9. The highest BCUT2D eigenvalue weighted by Crippen LogP contribution is 2.43. The van der Waals surface area contributed by atoms with Crippen LogP contribution in [0.4, 0.5) is 0 Å². The lowest BCUT2D eigenvalue weighted by Gasteiger charge is -2.26. The molecule has 0 saturated carbocycles. The lowest BCUT2D eigenvalue weighted by molar-refractivity contribution is 0.0366.